The highest BCUT2D eigenvalue weighted by molar-refractivity contribution is 7.10. The first-order valence-corrected chi connectivity index (χ1v) is 6.34. The second kappa shape index (κ2) is 3.46. The average molecular weight is 239 g/mol. The number of nitrogens with zero attached hydrogens (tertiary/aromatic N) is 2. The fourth-order valence-electron chi connectivity index (χ4n) is 1.83. The Hall–Kier alpha value is -1.14. The highest BCUT2D eigenvalue weighted by Gasteiger charge is 2.20. The van der Waals surface area contributed by atoms with Gasteiger partial charge in [0.15, 0.2) is 0 Å². The van der Waals surface area contributed by atoms with Gasteiger partial charge >= 0.3 is 5.56 Å². The Bertz CT molecular complexity index is 527. The van der Waals surface area contributed by atoms with Crippen molar-refractivity contribution in [1.29, 1.82) is 0 Å². The fourth-order valence-corrected chi connectivity index (χ4v) is 3.22. The normalized spacial score (nSPS) is 15.3. The van der Waals surface area contributed by atoms with E-state index in [4.69, 9.17) is 0 Å². The highest BCUT2D eigenvalue weighted by Crippen LogP contribution is 2.25. The lowest BCUT2D eigenvalue weighted by molar-refractivity contribution is 0.733. The minimum Gasteiger partial charge on any atom is -0.346 e. The predicted molar refractivity (Wildman–Crippen MR) is 61.8 cm³/mol. The molecule has 0 saturated heterocycles. The third kappa shape index (κ3) is 1.49. The van der Waals surface area contributed by atoms with E-state index in [1.54, 1.807) is 11.3 Å². The van der Waals surface area contributed by atoms with Crippen molar-refractivity contribution >= 4 is 28.9 Å². The molecule has 0 fully saturated rings. The maximum atomic E-state index is 11.4. The summed E-state index contributed by atoms with van der Waals surface area (Å²) in [6, 6.07) is 2.13. The fraction of sp³-hybridized carbons (Fsp3) is 0.333. The van der Waals surface area contributed by atoms with Crippen molar-refractivity contribution in [2.75, 3.05) is 11.4 Å². The summed E-state index contributed by atoms with van der Waals surface area (Å²) in [4.78, 5) is 14.9. The van der Waals surface area contributed by atoms with Gasteiger partial charge in [-0.25, -0.2) is 0 Å². The van der Waals surface area contributed by atoms with Crippen molar-refractivity contribution in [3.05, 3.63) is 32.2 Å². The van der Waals surface area contributed by atoms with Crippen LogP contribution in [0.25, 0.3) is 0 Å². The Morgan fingerprint density at radius 3 is 3.27 bits per heavy atom. The molecule has 3 rings (SSSR count). The van der Waals surface area contributed by atoms with Crippen LogP contribution >= 0.6 is 23.1 Å². The molecule has 0 spiro atoms. The molecule has 1 aliphatic rings. The molecule has 0 amide bonds. The van der Waals surface area contributed by atoms with Gasteiger partial charge in [-0.2, -0.15) is 4.37 Å². The zero-order valence-corrected chi connectivity index (χ0v) is 9.53. The molecule has 0 aromatic carbocycles. The Morgan fingerprint density at radius 2 is 2.47 bits per heavy atom. The number of aromatic amines is 1. The van der Waals surface area contributed by atoms with E-state index >= 15 is 0 Å². The molecule has 0 radical (unpaired) electrons. The molecule has 0 saturated carbocycles. The zero-order valence-electron chi connectivity index (χ0n) is 7.90. The van der Waals surface area contributed by atoms with Gasteiger partial charge in [-0.1, -0.05) is 0 Å². The number of aromatic nitrogens is 2. The number of hydrogen-bond donors (Lipinski definition) is 1. The number of H-pyrrole nitrogens is 1. The molecule has 4 nitrogen and oxygen atoms in total. The lowest BCUT2D eigenvalue weighted by Gasteiger charge is -2.25. The van der Waals surface area contributed by atoms with E-state index in [9.17, 15) is 4.79 Å². The van der Waals surface area contributed by atoms with Gasteiger partial charge in [0.05, 0.1) is 0 Å². The van der Waals surface area contributed by atoms with Crippen molar-refractivity contribution in [1.82, 2.24) is 8.75 Å². The standard InChI is InChI=1S/C9H9N3OS2/c13-9-8(10-15-11-9)12-3-1-7-6(5-12)2-4-14-7/h2,4H,1,3,5H2,(H,11,13). The molecule has 0 atom stereocenters. The van der Waals surface area contributed by atoms with E-state index < -0.39 is 0 Å². The van der Waals surface area contributed by atoms with Gasteiger partial charge in [0, 0.05) is 29.7 Å². The quantitative estimate of drug-likeness (QED) is 0.819. The molecule has 78 valence electrons. The van der Waals surface area contributed by atoms with Gasteiger partial charge in [0.1, 0.15) is 0 Å². The lowest BCUT2D eigenvalue weighted by Crippen LogP contribution is -2.32. The maximum absolute atomic E-state index is 11.4. The largest absolute Gasteiger partial charge is 0.346 e. The molecule has 3 heterocycles. The summed E-state index contributed by atoms with van der Waals surface area (Å²) in [5.74, 6) is 0.567. The number of rotatable bonds is 1. The Kier molecular flexibility index (Phi) is 2.10. The van der Waals surface area contributed by atoms with Gasteiger partial charge < -0.3 is 4.90 Å². The van der Waals surface area contributed by atoms with Crippen LogP contribution in [0.5, 0.6) is 0 Å². The first kappa shape index (κ1) is 9.11. The van der Waals surface area contributed by atoms with Gasteiger partial charge in [-0.05, 0) is 23.4 Å². The van der Waals surface area contributed by atoms with Gasteiger partial charge in [-0.3, -0.25) is 9.17 Å². The van der Waals surface area contributed by atoms with Crippen LogP contribution in [0.4, 0.5) is 5.82 Å². The van der Waals surface area contributed by atoms with E-state index in [1.807, 2.05) is 4.90 Å². The van der Waals surface area contributed by atoms with E-state index in [2.05, 4.69) is 20.2 Å². The summed E-state index contributed by atoms with van der Waals surface area (Å²) in [5, 5.41) is 2.11. The summed E-state index contributed by atoms with van der Waals surface area (Å²) < 4.78 is 6.72. The topological polar surface area (TPSA) is 49.0 Å². The molecule has 15 heavy (non-hydrogen) atoms. The molecule has 2 aromatic rings. The third-order valence-electron chi connectivity index (χ3n) is 2.58. The van der Waals surface area contributed by atoms with Crippen molar-refractivity contribution in [2.24, 2.45) is 0 Å². The summed E-state index contributed by atoms with van der Waals surface area (Å²) in [7, 11) is 0. The highest BCUT2D eigenvalue weighted by atomic mass is 32.1. The van der Waals surface area contributed by atoms with Crippen molar-refractivity contribution in [3.8, 4) is 0 Å². The Balaban J connectivity index is 1.94. The molecular weight excluding hydrogens is 230 g/mol. The third-order valence-corrected chi connectivity index (χ3v) is 4.14. The first-order valence-electron chi connectivity index (χ1n) is 4.69. The van der Waals surface area contributed by atoms with E-state index in [-0.39, 0.29) is 5.56 Å². The summed E-state index contributed by atoms with van der Waals surface area (Å²) in [6.45, 7) is 1.70. The Morgan fingerprint density at radius 1 is 1.53 bits per heavy atom. The molecule has 2 aromatic heterocycles. The smallest absolute Gasteiger partial charge is 0.302 e. The maximum Gasteiger partial charge on any atom is 0.302 e. The van der Waals surface area contributed by atoms with Crippen LogP contribution in [0.3, 0.4) is 0 Å². The molecule has 0 unspecified atom stereocenters. The van der Waals surface area contributed by atoms with E-state index in [0.717, 1.165) is 31.2 Å². The average Bonchev–Trinajstić information content (AvgIpc) is 2.84. The number of anilines is 1. The van der Waals surface area contributed by atoms with Crippen LogP contribution in [0.1, 0.15) is 10.4 Å². The van der Waals surface area contributed by atoms with Gasteiger partial charge in [-0.15, -0.1) is 11.3 Å². The van der Waals surface area contributed by atoms with Crippen molar-refractivity contribution in [3.63, 3.8) is 0 Å². The van der Waals surface area contributed by atoms with Crippen LogP contribution in [-0.4, -0.2) is 15.3 Å². The summed E-state index contributed by atoms with van der Waals surface area (Å²) >= 11 is 2.92. The second-order valence-corrected chi connectivity index (χ2v) is 5.05. The number of nitrogens with one attached hydrogen (secondary N) is 1. The van der Waals surface area contributed by atoms with Crippen molar-refractivity contribution < 1.29 is 0 Å². The van der Waals surface area contributed by atoms with E-state index in [1.165, 1.54) is 10.4 Å². The lowest BCUT2D eigenvalue weighted by atomic mass is 10.1. The number of fused-ring (bicyclic) bond motifs is 1. The van der Waals surface area contributed by atoms with E-state index in [0.29, 0.717) is 5.82 Å². The monoisotopic (exact) mass is 239 g/mol. The van der Waals surface area contributed by atoms with Crippen LogP contribution in [0.2, 0.25) is 0 Å². The second-order valence-electron chi connectivity index (χ2n) is 3.48. The molecule has 0 bridgehead atoms. The molecular formula is C9H9N3OS2. The summed E-state index contributed by atoms with van der Waals surface area (Å²) in [6.07, 6.45) is 1.02. The first-order chi connectivity index (χ1) is 7.34. The number of thiophene rings is 1. The molecule has 0 aliphatic carbocycles. The minimum absolute atomic E-state index is 0.0707. The predicted octanol–water partition coefficient (Wildman–Crippen LogP) is 1.46. The van der Waals surface area contributed by atoms with Crippen LogP contribution < -0.4 is 10.5 Å². The molecule has 1 aliphatic heterocycles. The van der Waals surface area contributed by atoms with Crippen LogP contribution in [0.15, 0.2) is 16.2 Å². The Labute approximate surface area is 94.5 Å². The minimum atomic E-state index is -0.0707. The molecule has 6 heteroatoms. The summed E-state index contributed by atoms with van der Waals surface area (Å²) in [5.41, 5.74) is 1.26. The number of hydrogen-bond acceptors (Lipinski definition) is 5. The van der Waals surface area contributed by atoms with Gasteiger partial charge in [0.2, 0.25) is 5.82 Å². The van der Waals surface area contributed by atoms with Crippen molar-refractivity contribution in [2.45, 2.75) is 13.0 Å². The molecule has 1 N–H and O–H groups in total. The zero-order chi connectivity index (χ0) is 10.3. The van der Waals surface area contributed by atoms with Crippen LogP contribution in [-0.2, 0) is 13.0 Å². The van der Waals surface area contributed by atoms with Gasteiger partial charge in [0.25, 0.3) is 0 Å². The van der Waals surface area contributed by atoms with Crippen LogP contribution in [0, 0.1) is 0 Å². The SMILES string of the molecule is O=c1[nH]snc1N1CCc2sccc2C1.